The molecule has 3 N–H and O–H groups in total. The second-order valence-corrected chi connectivity index (χ2v) is 15.7. The van der Waals surface area contributed by atoms with Gasteiger partial charge >= 0.3 is 0 Å². The molecule has 2 aliphatic rings. The van der Waals surface area contributed by atoms with Crippen LogP contribution in [-0.2, 0) is 30.5 Å². The number of carbonyl (C=O) groups is 4. The quantitative estimate of drug-likeness (QED) is 0.130. The van der Waals surface area contributed by atoms with E-state index in [9.17, 15) is 28.7 Å². The van der Waals surface area contributed by atoms with Crippen molar-refractivity contribution in [2.75, 3.05) is 52.2 Å². The van der Waals surface area contributed by atoms with Gasteiger partial charge in [0, 0.05) is 68.7 Å². The van der Waals surface area contributed by atoms with Crippen LogP contribution in [0.15, 0.2) is 54.7 Å². The minimum Gasteiger partial charge on any atom is -0.384 e. The van der Waals surface area contributed by atoms with Gasteiger partial charge in [-0.1, -0.05) is 44.2 Å². The molecule has 0 saturated carbocycles. The van der Waals surface area contributed by atoms with E-state index in [0.29, 0.717) is 0 Å². The maximum atomic E-state index is 15.2. The molecule has 12 nitrogen and oxygen atoms in total. The van der Waals surface area contributed by atoms with E-state index in [1.54, 1.807) is 30.9 Å². The van der Waals surface area contributed by atoms with Gasteiger partial charge in [-0.05, 0) is 36.9 Å². The fourth-order valence-electron chi connectivity index (χ4n) is 7.15. The summed E-state index contributed by atoms with van der Waals surface area (Å²) in [7, 11) is 0. The molecule has 1 unspecified atom stereocenters. The molecule has 0 spiro atoms. The van der Waals surface area contributed by atoms with Crippen molar-refractivity contribution in [2.45, 2.75) is 63.7 Å². The number of hydrogen-bond donors (Lipinski definition) is 3. The average molecular weight is 787 g/mol. The van der Waals surface area contributed by atoms with Crippen molar-refractivity contribution in [1.29, 1.82) is 0 Å². The van der Waals surface area contributed by atoms with Crippen molar-refractivity contribution in [3.05, 3.63) is 77.8 Å². The summed E-state index contributed by atoms with van der Waals surface area (Å²) in [5.74, 6) is -3.40. The molecule has 2 fully saturated rings. The van der Waals surface area contributed by atoms with E-state index < -0.39 is 53.1 Å². The predicted octanol–water partition coefficient (Wildman–Crippen LogP) is 3.72. The van der Waals surface area contributed by atoms with Crippen molar-refractivity contribution >= 4 is 35.4 Å². The lowest BCUT2D eigenvalue weighted by Crippen LogP contribution is -2.50. The number of imidazole rings is 1. The Morgan fingerprint density at radius 2 is 1.89 bits per heavy atom. The van der Waals surface area contributed by atoms with Crippen LogP contribution in [0.25, 0.3) is 11.3 Å². The van der Waals surface area contributed by atoms with Crippen LogP contribution in [0.1, 0.15) is 51.0 Å². The van der Waals surface area contributed by atoms with E-state index in [4.69, 9.17) is 9.72 Å². The first-order valence-corrected chi connectivity index (χ1v) is 19.6. The average Bonchev–Trinajstić information content (AvgIpc) is 3.82. The number of hydrogen-bond acceptors (Lipinski definition) is 9. The fraction of sp³-hybridized carbons (Fsp3) is 0.513. The van der Waals surface area contributed by atoms with Gasteiger partial charge in [-0.15, -0.1) is 0 Å². The standard InChI is InChI=1S/C39H49F3N6O6S/c1-24(49)37(52)48(22-26-19-43-20-30(26)42)35(39(2,3)18-33(50)44-12-14-54-15-13-47-34(51)17-32(55-4)38(47)53)36-45-31(28-16-27(40)10-11-29(28)41)23-46(36)21-25-8-6-5-7-9-25/h5-11,16,23-24,26,30,32,35,43,49H,12-15,17-22H2,1-4H3,(H,44,50)/t24-,26-,30-,32?,35-/m0/s1. The number of nitrogens with zero attached hydrogens (tertiary/aromatic N) is 4. The number of aromatic nitrogens is 2. The third-order valence-electron chi connectivity index (χ3n) is 9.96. The topological polar surface area (TPSA) is 146 Å². The molecule has 5 atom stereocenters. The van der Waals surface area contributed by atoms with Gasteiger partial charge in [-0.3, -0.25) is 24.1 Å². The summed E-state index contributed by atoms with van der Waals surface area (Å²) in [5, 5.41) is 16.1. The van der Waals surface area contributed by atoms with E-state index in [0.717, 1.165) is 23.8 Å². The molecule has 2 saturated heterocycles. The molecular formula is C39H49F3N6O6S. The molecule has 2 aromatic carbocycles. The summed E-state index contributed by atoms with van der Waals surface area (Å²) in [4.78, 5) is 59.5. The van der Waals surface area contributed by atoms with Crippen LogP contribution in [0.5, 0.6) is 0 Å². The molecule has 5 rings (SSSR count). The normalized spacial score (nSPS) is 19.9. The van der Waals surface area contributed by atoms with Crippen molar-refractivity contribution in [3.8, 4) is 11.3 Å². The first kappa shape index (κ1) is 41.9. The summed E-state index contributed by atoms with van der Waals surface area (Å²) < 4.78 is 52.2. The number of imide groups is 1. The summed E-state index contributed by atoms with van der Waals surface area (Å²) in [6.07, 6.45) is 0.553. The second kappa shape index (κ2) is 18.6. The molecule has 0 aliphatic carbocycles. The van der Waals surface area contributed by atoms with Crippen molar-refractivity contribution < 1.29 is 42.2 Å². The van der Waals surface area contributed by atoms with Crippen LogP contribution >= 0.6 is 11.8 Å². The highest BCUT2D eigenvalue weighted by molar-refractivity contribution is 8.00. The van der Waals surface area contributed by atoms with Crippen molar-refractivity contribution in [3.63, 3.8) is 0 Å². The van der Waals surface area contributed by atoms with Gasteiger partial charge in [-0.25, -0.2) is 18.2 Å². The van der Waals surface area contributed by atoms with E-state index in [1.807, 2.05) is 30.3 Å². The molecule has 55 heavy (non-hydrogen) atoms. The number of amides is 4. The highest BCUT2D eigenvalue weighted by Gasteiger charge is 2.45. The number of ether oxygens (including phenoxy) is 1. The second-order valence-electron chi connectivity index (χ2n) is 14.7. The smallest absolute Gasteiger partial charge is 0.251 e. The molecule has 0 bridgehead atoms. The number of carbonyl (C=O) groups excluding carboxylic acids is 4. The maximum absolute atomic E-state index is 15.2. The number of nitrogens with one attached hydrogen (secondary N) is 2. The number of aliphatic hydroxyl groups excluding tert-OH is 1. The van der Waals surface area contributed by atoms with Gasteiger partial charge in [0.2, 0.25) is 17.7 Å². The fourth-order valence-corrected chi connectivity index (χ4v) is 7.79. The van der Waals surface area contributed by atoms with Gasteiger partial charge in [0.25, 0.3) is 5.91 Å². The van der Waals surface area contributed by atoms with Crippen LogP contribution in [0, 0.1) is 23.0 Å². The first-order chi connectivity index (χ1) is 26.2. The Kier molecular flexibility index (Phi) is 14.2. The van der Waals surface area contributed by atoms with Gasteiger partial charge in [0.1, 0.15) is 29.7 Å². The van der Waals surface area contributed by atoms with E-state index in [1.165, 1.54) is 28.5 Å². The van der Waals surface area contributed by atoms with Crippen LogP contribution in [0.3, 0.4) is 0 Å². The molecule has 3 heterocycles. The highest BCUT2D eigenvalue weighted by atomic mass is 32.2. The first-order valence-electron chi connectivity index (χ1n) is 18.3. The largest absolute Gasteiger partial charge is 0.384 e. The van der Waals surface area contributed by atoms with E-state index in [2.05, 4.69) is 10.6 Å². The summed E-state index contributed by atoms with van der Waals surface area (Å²) >= 11 is 1.33. The Bertz CT molecular complexity index is 1830. The Labute approximate surface area is 323 Å². The summed E-state index contributed by atoms with van der Waals surface area (Å²) in [6, 6.07) is 11.3. The lowest BCUT2D eigenvalue weighted by Gasteiger charge is -2.43. The van der Waals surface area contributed by atoms with Crippen molar-refractivity contribution in [2.24, 2.45) is 11.3 Å². The number of thioether (sulfide) groups is 1. The SMILES string of the molecule is CSC1CC(=O)N(CCOCCNC(=O)CC(C)(C)[C@H](c2nc(-c3cc(F)ccc3F)cn2Cc2ccccc2)N(C[C@@H]2CNC[C@@H]2F)C(=O)[C@H](C)O)C1=O. The van der Waals surface area contributed by atoms with Crippen molar-refractivity contribution in [1.82, 2.24) is 30.0 Å². The number of halogens is 3. The van der Waals surface area contributed by atoms with Gasteiger partial charge in [0.15, 0.2) is 0 Å². The van der Waals surface area contributed by atoms with Crippen LogP contribution in [0.4, 0.5) is 13.2 Å². The predicted molar refractivity (Wildman–Crippen MR) is 201 cm³/mol. The number of aliphatic hydroxyl groups is 1. The Hall–Kier alpha value is -4.25. The Balaban J connectivity index is 1.43. The Morgan fingerprint density at radius 3 is 2.55 bits per heavy atom. The molecule has 1 aromatic heterocycles. The number of alkyl halides is 1. The van der Waals surface area contributed by atoms with Crippen LogP contribution in [0.2, 0.25) is 0 Å². The zero-order valence-electron chi connectivity index (χ0n) is 31.5. The monoisotopic (exact) mass is 786 g/mol. The lowest BCUT2D eigenvalue weighted by atomic mass is 9.78. The molecule has 2 aliphatic heterocycles. The number of benzene rings is 2. The third-order valence-corrected chi connectivity index (χ3v) is 10.9. The van der Waals surface area contributed by atoms with Gasteiger partial charge < -0.3 is 29.9 Å². The van der Waals surface area contributed by atoms with Gasteiger partial charge in [-0.2, -0.15) is 11.8 Å². The molecule has 16 heteroatoms. The highest BCUT2D eigenvalue weighted by Crippen LogP contribution is 2.43. The molecular weight excluding hydrogens is 738 g/mol. The summed E-state index contributed by atoms with van der Waals surface area (Å²) in [6.45, 7) is 5.68. The zero-order valence-corrected chi connectivity index (χ0v) is 32.3. The number of likely N-dealkylation sites (tertiary alicyclic amines) is 1. The molecule has 3 aromatic rings. The minimum absolute atomic E-state index is 0.0852. The maximum Gasteiger partial charge on any atom is 0.251 e. The summed E-state index contributed by atoms with van der Waals surface area (Å²) in [5.41, 5.74) is -0.333. The van der Waals surface area contributed by atoms with Crippen LogP contribution in [-0.4, -0.2) is 118 Å². The Morgan fingerprint density at radius 1 is 1.15 bits per heavy atom. The molecule has 4 amide bonds. The van der Waals surface area contributed by atoms with Crippen LogP contribution < -0.4 is 10.6 Å². The molecule has 0 radical (unpaired) electrons. The van der Waals surface area contributed by atoms with E-state index in [-0.39, 0.29) is 99.5 Å². The van der Waals surface area contributed by atoms with Gasteiger partial charge in [0.05, 0.1) is 36.7 Å². The third kappa shape index (κ3) is 10.3. The lowest BCUT2D eigenvalue weighted by molar-refractivity contribution is -0.147. The molecule has 298 valence electrons. The zero-order chi connectivity index (χ0) is 39.9. The minimum atomic E-state index is -1.49. The van der Waals surface area contributed by atoms with E-state index >= 15 is 8.78 Å². The number of rotatable bonds is 18.